The number of piperazine rings is 1. The number of nitrogens with zero attached hydrogens (tertiary/aromatic N) is 4. The zero-order valence-corrected chi connectivity index (χ0v) is 20.6. The van der Waals surface area contributed by atoms with Crippen molar-refractivity contribution in [3.05, 3.63) is 68.7 Å². The summed E-state index contributed by atoms with van der Waals surface area (Å²) in [6.07, 6.45) is 0. The topological polar surface area (TPSA) is 58.6 Å². The van der Waals surface area contributed by atoms with Crippen LogP contribution in [0.1, 0.15) is 11.1 Å². The molecule has 9 heteroatoms. The van der Waals surface area contributed by atoms with E-state index in [2.05, 4.69) is 15.1 Å². The summed E-state index contributed by atoms with van der Waals surface area (Å²) in [5, 5.41) is 10.5. The van der Waals surface area contributed by atoms with Crippen molar-refractivity contribution in [2.75, 3.05) is 37.7 Å². The Bertz CT molecular complexity index is 1140. The van der Waals surface area contributed by atoms with E-state index in [4.69, 9.17) is 39.5 Å². The number of anilines is 1. The van der Waals surface area contributed by atoms with Crippen molar-refractivity contribution < 1.29 is 9.53 Å². The molecule has 0 radical (unpaired) electrons. The van der Waals surface area contributed by atoms with Gasteiger partial charge < -0.3 is 14.5 Å². The second-order valence-corrected chi connectivity index (χ2v) is 9.15. The van der Waals surface area contributed by atoms with Gasteiger partial charge in [-0.05, 0) is 67.4 Å². The van der Waals surface area contributed by atoms with Gasteiger partial charge in [0, 0.05) is 41.8 Å². The molecule has 0 unspecified atom stereocenters. The van der Waals surface area contributed by atoms with Crippen LogP contribution in [0, 0.1) is 13.8 Å². The van der Waals surface area contributed by atoms with Crippen LogP contribution in [0.15, 0.2) is 42.5 Å². The number of hydrogen-bond donors (Lipinski definition) is 0. The predicted molar refractivity (Wildman–Crippen MR) is 133 cm³/mol. The first kappa shape index (κ1) is 23.6. The lowest BCUT2D eigenvalue weighted by Crippen LogP contribution is -2.50. The molecule has 3 aromatic rings. The monoisotopic (exact) mass is 504 g/mol. The Kier molecular flexibility index (Phi) is 7.27. The Hall–Kier alpha value is -2.54. The Morgan fingerprint density at radius 2 is 1.64 bits per heavy atom. The summed E-state index contributed by atoms with van der Waals surface area (Å²) in [6.45, 7) is 6.35. The van der Waals surface area contributed by atoms with Crippen LogP contribution in [0.2, 0.25) is 15.1 Å². The lowest BCUT2D eigenvalue weighted by molar-refractivity contribution is -0.133. The quantitative estimate of drug-likeness (QED) is 0.462. The van der Waals surface area contributed by atoms with Crippen LogP contribution in [-0.2, 0) is 4.79 Å². The van der Waals surface area contributed by atoms with Gasteiger partial charge in [0.05, 0.1) is 10.7 Å². The minimum Gasteiger partial charge on any atom is -0.484 e. The van der Waals surface area contributed by atoms with Gasteiger partial charge in [-0.1, -0.05) is 34.8 Å². The number of carbonyl (C=O) groups excluding carboxylic acids is 1. The van der Waals surface area contributed by atoms with Gasteiger partial charge in [-0.2, -0.15) is 0 Å². The first-order valence-electron chi connectivity index (χ1n) is 10.5. The standard InChI is InChI=1S/C24H23Cl3N4O2/c1-15-11-18(12-16(2)24(15)27)33-14-23(32)31-9-7-30(8-10-31)22-6-5-21(28-29-22)19-4-3-17(25)13-20(19)26/h3-6,11-13H,7-10,14H2,1-2H3. The van der Waals surface area contributed by atoms with Gasteiger partial charge in [0.2, 0.25) is 0 Å². The highest BCUT2D eigenvalue weighted by Crippen LogP contribution is 2.29. The molecule has 0 aliphatic carbocycles. The average Bonchev–Trinajstić information content (AvgIpc) is 2.81. The van der Waals surface area contributed by atoms with E-state index in [9.17, 15) is 4.79 Å². The number of aromatic nitrogens is 2. The second-order valence-electron chi connectivity index (χ2n) is 7.93. The molecule has 172 valence electrons. The van der Waals surface area contributed by atoms with Gasteiger partial charge in [0.25, 0.3) is 5.91 Å². The number of carbonyl (C=O) groups is 1. The molecule has 33 heavy (non-hydrogen) atoms. The fraction of sp³-hybridized carbons (Fsp3) is 0.292. The molecule has 2 heterocycles. The Morgan fingerprint density at radius 3 is 2.24 bits per heavy atom. The van der Waals surface area contributed by atoms with E-state index in [1.165, 1.54) is 0 Å². The second kappa shape index (κ2) is 10.2. The van der Waals surface area contributed by atoms with Crippen molar-refractivity contribution in [3.8, 4) is 17.0 Å². The maximum atomic E-state index is 12.6. The van der Waals surface area contributed by atoms with E-state index in [1.807, 2.05) is 44.2 Å². The van der Waals surface area contributed by atoms with E-state index >= 15 is 0 Å². The number of rotatable bonds is 5. The first-order chi connectivity index (χ1) is 15.8. The van der Waals surface area contributed by atoms with Gasteiger partial charge >= 0.3 is 0 Å². The van der Waals surface area contributed by atoms with Gasteiger partial charge in [-0.15, -0.1) is 10.2 Å². The van der Waals surface area contributed by atoms with Crippen LogP contribution in [0.4, 0.5) is 5.82 Å². The largest absolute Gasteiger partial charge is 0.484 e. The summed E-state index contributed by atoms with van der Waals surface area (Å²) in [5.74, 6) is 1.37. The van der Waals surface area contributed by atoms with Crippen LogP contribution in [-0.4, -0.2) is 53.8 Å². The molecule has 0 spiro atoms. The van der Waals surface area contributed by atoms with E-state index in [1.54, 1.807) is 17.0 Å². The Balaban J connectivity index is 1.31. The molecule has 1 aromatic heterocycles. The average molecular weight is 506 g/mol. The van der Waals surface area contributed by atoms with Crippen molar-refractivity contribution >= 4 is 46.5 Å². The minimum absolute atomic E-state index is 0.00311. The number of halogens is 3. The third kappa shape index (κ3) is 5.52. The van der Waals surface area contributed by atoms with E-state index < -0.39 is 0 Å². The van der Waals surface area contributed by atoms with E-state index in [0.717, 1.165) is 27.5 Å². The fourth-order valence-electron chi connectivity index (χ4n) is 3.75. The summed E-state index contributed by atoms with van der Waals surface area (Å²) in [7, 11) is 0. The molecule has 1 fully saturated rings. The van der Waals surface area contributed by atoms with Crippen LogP contribution in [0.3, 0.4) is 0 Å². The summed E-state index contributed by atoms with van der Waals surface area (Å²) in [5.41, 5.74) is 3.32. The van der Waals surface area contributed by atoms with Crippen LogP contribution in [0.25, 0.3) is 11.3 Å². The number of aryl methyl sites for hydroxylation is 2. The molecule has 6 nitrogen and oxygen atoms in total. The van der Waals surface area contributed by atoms with Crippen LogP contribution >= 0.6 is 34.8 Å². The predicted octanol–water partition coefficient (Wildman–Crippen LogP) is 5.45. The third-order valence-corrected chi connectivity index (χ3v) is 6.73. The maximum absolute atomic E-state index is 12.6. The molecule has 0 atom stereocenters. The van der Waals surface area contributed by atoms with Crippen molar-refractivity contribution in [2.24, 2.45) is 0 Å². The van der Waals surface area contributed by atoms with Crippen molar-refractivity contribution in [1.29, 1.82) is 0 Å². The SMILES string of the molecule is Cc1cc(OCC(=O)N2CCN(c3ccc(-c4ccc(Cl)cc4Cl)nn3)CC2)cc(C)c1Cl. The molecule has 1 amide bonds. The summed E-state index contributed by atoms with van der Waals surface area (Å²) in [4.78, 5) is 16.5. The number of amides is 1. The van der Waals surface area contributed by atoms with Gasteiger partial charge in [0.15, 0.2) is 12.4 Å². The summed E-state index contributed by atoms with van der Waals surface area (Å²) >= 11 is 18.4. The molecule has 0 N–H and O–H groups in total. The highest BCUT2D eigenvalue weighted by Gasteiger charge is 2.23. The normalized spacial score (nSPS) is 13.8. The molecule has 0 bridgehead atoms. The number of hydrogen-bond acceptors (Lipinski definition) is 5. The minimum atomic E-state index is -0.0429. The van der Waals surface area contributed by atoms with Gasteiger partial charge in [-0.3, -0.25) is 4.79 Å². The number of benzene rings is 2. The highest BCUT2D eigenvalue weighted by atomic mass is 35.5. The lowest BCUT2D eigenvalue weighted by Gasteiger charge is -2.35. The molecule has 1 saturated heterocycles. The van der Waals surface area contributed by atoms with Crippen LogP contribution < -0.4 is 9.64 Å². The molecule has 2 aromatic carbocycles. The first-order valence-corrected chi connectivity index (χ1v) is 11.7. The maximum Gasteiger partial charge on any atom is 0.260 e. The molecule has 1 aliphatic rings. The molecule has 0 saturated carbocycles. The third-order valence-electron chi connectivity index (χ3n) is 5.59. The van der Waals surface area contributed by atoms with E-state index in [0.29, 0.717) is 47.7 Å². The zero-order valence-electron chi connectivity index (χ0n) is 18.3. The van der Waals surface area contributed by atoms with Crippen molar-refractivity contribution in [1.82, 2.24) is 15.1 Å². The van der Waals surface area contributed by atoms with Crippen molar-refractivity contribution in [2.45, 2.75) is 13.8 Å². The molecular formula is C24H23Cl3N4O2. The zero-order chi connectivity index (χ0) is 23.5. The van der Waals surface area contributed by atoms with Gasteiger partial charge in [0.1, 0.15) is 5.75 Å². The van der Waals surface area contributed by atoms with Crippen molar-refractivity contribution in [3.63, 3.8) is 0 Å². The molecular weight excluding hydrogens is 483 g/mol. The lowest BCUT2D eigenvalue weighted by atomic mass is 10.1. The molecule has 1 aliphatic heterocycles. The molecule has 4 rings (SSSR count). The highest BCUT2D eigenvalue weighted by molar-refractivity contribution is 6.36. The smallest absolute Gasteiger partial charge is 0.260 e. The summed E-state index contributed by atoms with van der Waals surface area (Å²) in [6, 6.07) is 12.8. The van der Waals surface area contributed by atoms with Gasteiger partial charge in [-0.25, -0.2) is 0 Å². The Morgan fingerprint density at radius 1 is 0.939 bits per heavy atom. The summed E-state index contributed by atoms with van der Waals surface area (Å²) < 4.78 is 5.72. The number of ether oxygens (including phenoxy) is 1. The fourth-order valence-corrected chi connectivity index (χ4v) is 4.36. The Labute approximate surface area is 208 Å². The van der Waals surface area contributed by atoms with Crippen LogP contribution in [0.5, 0.6) is 5.75 Å². The van der Waals surface area contributed by atoms with E-state index in [-0.39, 0.29) is 12.5 Å².